The number of rotatable bonds is 20. The molecule has 0 bridgehead atoms. The highest BCUT2D eigenvalue weighted by Crippen LogP contribution is 2.14. The molecule has 0 unspecified atom stereocenters. The Kier molecular flexibility index (Phi) is 15.3. The van der Waals surface area contributed by atoms with E-state index in [0.717, 1.165) is 23.9 Å². The average molecular weight is 454 g/mol. The first-order valence-electron chi connectivity index (χ1n) is 13.8. The number of hydrogen-bond acceptors (Lipinski definition) is 3. The summed E-state index contributed by atoms with van der Waals surface area (Å²) in [7, 11) is 0. The fourth-order valence-electron chi connectivity index (χ4n) is 4.39. The van der Waals surface area contributed by atoms with E-state index in [1.54, 1.807) is 0 Å². The van der Waals surface area contributed by atoms with Crippen LogP contribution in [0.1, 0.15) is 134 Å². The molecular weight excluding hydrogens is 406 g/mol. The van der Waals surface area contributed by atoms with E-state index in [9.17, 15) is 4.79 Å². The zero-order valence-corrected chi connectivity index (χ0v) is 21.1. The van der Waals surface area contributed by atoms with Gasteiger partial charge in [0, 0.05) is 6.42 Å². The van der Waals surface area contributed by atoms with Crippen LogP contribution in [0.15, 0.2) is 36.4 Å². The number of fused-ring (bicyclic) bond motifs is 1. The lowest BCUT2D eigenvalue weighted by atomic mass is 10.0. The molecule has 1 aromatic carbocycles. The van der Waals surface area contributed by atoms with Crippen molar-refractivity contribution in [3.8, 4) is 0 Å². The van der Waals surface area contributed by atoms with Crippen molar-refractivity contribution in [1.82, 2.24) is 15.0 Å². The number of allylic oxidation sites excluding steroid dienone is 2. The van der Waals surface area contributed by atoms with Gasteiger partial charge >= 0.3 is 0 Å². The maximum atomic E-state index is 12.4. The van der Waals surface area contributed by atoms with Gasteiger partial charge in [0.2, 0.25) is 5.91 Å². The third kappa shape index (κ3) is 12.2. The molecule has 184 valence electrons. The highest BCUT2D eigenvalue weighted by molar-refractivity contribution is 5.88. The predicted molar refractivity (Wildman–Crippen MR) is 141 cm³/mol. The van der Waals surface area contributed by atoms with Crippen LogP contribution in [0, 0.1) is 0 Å². The van der Waals surface area contributed by atoms with Gasteiger partial charge in [-0.15, -0.1) is 5.10 Å². The number of unbranched alkanes of at least 4 members (excludes halogenated alkanes) is 16. The van der Waals surface area contributed by atoms with E-state index in [1.165, 1.54) is 107 Å². The molecule has 0 saturated heterocycles. The Hall–Kier alpha value is -1.97. The third-order valence-electron chi connectivity index (χ3n) is 6.49. The molecule has 0 aliphatic carbocycles. The number of para-hydroxylation sites is 1. The van der Waals surface area contributed by atoms with Crippen LogP contribution in [0.3, 0.4) is 0 Å². The van der Waals surface area contributed by atoms with Crippen LogP contribution in [0.5, 0.6) is 0 Å². The number of aromatic nitrogens is 3. The highest BCUT2D eigenvalue weighted by atomic mass is 16.2. The smallest absolute Gasteiger partial charge is 0.248 e. The van der Waals surface area contributed by atoms with E-state index in [-0.39, 0.29) is 5.91 Å². The number of hydrogen-bond donors (Lipinski definition) is 0. The van der Waals surface area contributed by atoms with Gasteiger partial charge in [-0.3, -0.25) is 4.79 Å². The first-order chi connectivity index (χ1) is 16.3. The SMILES string of the molecule is CCCCCCCCCCCCCC/C=C/CCCCCCC(=O)n1nnc2ccccc21. The molecule has 0 aliphatic rings. The molecule has 0 N–H and O–H groups in total. The van der Waals surface area contributed by atoms with E-state index in [4.69, 9.17) is 0 Å². The zero-order chi connectivity index (χ0) is 23.4. The second-order valence-corrected chi connectivity index (χ2v) is 9.49. The quantitative estimate of drug-likeness (QED) is 0.148. The van der Waals surface area contributed by atoms with Crippen LogP contribution >= 0.6 is 0 Å². The van der Waals surface area contributed by atoms with E-state index >= 15 is 0 Å². The molecule has 4 heteroatoms. The molecule has 0 aliphatic heterocycles. The monoisotopic (exact) mass is 453 g/mol. The van der Waals surface area contributed by atoms with Crippen LogP contribution in [-0.2, 0) is 0 Å². The summed E-state index contributed by atoms with van der Waals surface area (Å²) in [5.74, 6) is 0.0472. The van der Waals surface area contributed by atoms with Gasteiger partial charge in [0.1, 0.15) is 5.52 Å². The summed E-state index contributed by atoms with van der Waals surface area (Å²) in [6, 6.07) is 7.62. The lowest BCUT2D eigenvalue weighted by molar-refractivity contribution is 0.0886. The molecule has 1 heterocycles. The molecule has 1 aromatic heterocycles. The Morgan fingerprint density at radius 2 is 1.24 bits per heavy atom. The predicted octanol–water partition coefficient (Wildman–Crippen LogP) is 9.06. The number of carbonyl (C=O) groups excluding carboxylic acids is 1. The molecule has 2 rings (SSSR count). The number of nitrogens with zero attached hydrogens (tertiary/aromatic N) is 3. The van der Waals surface area contributed by atoms with Gasteiger partial charge in [-0.25, -0.2) is 0 Å². The van der Waals surface area contributed by atoms with Crippen LogP contribution in [0.2, 0.25) is 0 Å². The Morgan fingerprint density at radius 1 is 0.727 bits per heavy atom. The average Bonchev–Trinajstić information content (AvgIpc) is 3.27. The van der Waals surface area contributed by atoms with Crippen molar-refractivity contribution in [2.75, 3.05) is 0 Å². The van der Waals surface area contributed by atoms with Gasteiger partial charge in [-0.1, -0.05) is 120 Å². The summed E-state index contributed by atoms with van der Waals surface area (Å²) in [5.41, 5.74) is 1.59. The minimum atomic E-state index is 0.0472. The van der Waals surface area contributed by atoms with Crippen LogP contribution in [0.4, 0.5) is 0 Å². The third-order valence-corrected chi connectivity index (χ3v) is 6.49. The summed E-state index contributed by atoms with van der Waals surface area (Å²) in [4.78, 5) is 12.4. The molecule has 0 amide bonds. The molecule has 0 radical (unpaired) electrons. The molecule has 0 atom stereocenters. The first kappa shape index (κ1) is 27.3. The van der Waals surface area contributed by atoms with Crippen molar-refractivity contribution < 1.29 is 4.79 Å². The van der Waals surface area contributed by atoms with Crippen LogP contribution < -0.4 is 0 Å². The van der Waals surface area contributed by atoms with Crippen molar-refractivity contribution >= 4 is 16.9 Å². The van der Waals surface area contributed by atoms with Crippen molar-refractivity contribution in [2.24, 2.45) is 0 Å². The standard InChI is InChI=1S/C29H47N3O/c1-2-3-4-5-6-7-8-9-10-11-12-13-14-15-16-17-18-19-20-21-26-29(33)32-28-25-23-22-24-27(28)30-31-32/h15-16,22-25H,2-14,17-21,26H2,1H3/b16-15+. The normalized spacial score (nSPS) is 11.7. The summed E-state index contributed by atoms with van der Waals surface area (Å²) in [6.07, 6.45) is 29.1. The maximum Gasteiger partial charge on any atom is 0.248 e. The van der Waals surface area contributed by atoms with Crippen molar-refractivity contribution in [2.45, 2.75) is 129 Å². The first-order valence-corrected chi connectivity index (χ1v) is 13.8. The topological polar surface area (TPSA) is 47.8 Å². The van der Waals surface area contributed by atoms with Gasteiger partial charge in [0.15, 0.2) is 0 Å². The molecule has 4 nitrogen and oxygen atoms in total. The minimum Gasteiger partial charge on any atom is -0.273 e. The fourth-order valence-corrected chi connectivity index (χ4v) is 4.39. The highest BCUT2D eigenvalue weighted by Gasteiger charge is 2.10. The Morgan fingerprint density at radius 3 is 1.85 bits per heavy atom. The second-order valence-electron chi connectivity index (χ2n) is 9.49. The lowest BCUT2D eigenvalue weighted by Crippen LogP contribution is -2.12. The number of carbonyl (C=O) groups is 1. The zero-order valence-electron chi connectivity index (χ0n) is 21.1. The number of benzene rings is 1. The Balaban J connectivity index is 1.33. The largest absolute Gasteiger partial charge is 0.273 e. The van der Waals surface area contributed by atoms with Gasteiger partial charge < -0.3 is 0 Å². The van der Waals surface area contributed by atoms with Crippen molar-refractivity contribution in [3.05, 3.63) is 36.4 Å². The van der Waals surface area contributed by atoms with Gasteiger partial charge in [0.25, 0.3) is 0 Å². The van der Waals surface area contributed by atoms with Crippen LogP contribution in [-0.4, -0.2) is 20.9 Å². The molecule has 33 heavy (non-hydrogen) atoms. The second kappa shape index (κ2) is 18.5. The minimum absolute atomic E-state index is 0.0472. The van der Waals surface area contributed by atoms with Crippen molar-refractivity contribution in [1.29, 1.82) is 0 Å². The molecule has 0 spiro atoms. The van der Waals surface area contributed by atoms with E-state index in [1.807, 2.05) is 24.3 Å². The Bertz CT molecular complexity index is 780. The fraction of sp³-hybridized carbons (Fsp3) is 0.690. The maximum absolute atomic E-state index is 12.4. The summed E-state index contributed by atoms with van der Waals surface area (Å²) < 4.78 is 1.45. The van der Waals surface area contributed by atoms with Crippen LogP contribution in [0.25, 0.3) is 11.0 Å². The summed E-state index contributed by atoms with van der Waals surface area (Å²) in [6.45, 7) is 2.29. The summed E-state index contributed by atoms with van der Waals surface area (Å²) >= 11 is 0. The van der Waals surface area contributed by atoms with E-state index < -0.39 is 0 Å². The van der Waals surface area contributed by atoms with E-state index in [0.29, 0.717) is 6.42 Å². The Labute approximate surface area is 202 Å². The lowest BCUT2D eigenvalue weighted by Gasteiger charge is -2.02. The summed E-state index contributed by atoms with van der Waals surface area (Å²) in [5, 5.41) is 8.07. The molecular formula is C29H47N3O. The van der Waals surface area contributed by atoms with Gasteiger partial charge in [0.05, 0.1) is 5.52 Å². The van der Waals surface area contributed by atoms with Gasteiger partial charge in [-0.2, -0.15) is 4.68 Å². The molecule has 2 aromatic rings. The van der Waals surface area contributed by atoms with E-state index in [2.05, 4.69) is 29.4 Å². The van der Waals surface area contributed by atoms with Crippen molar-refractivity contribution in [3.63, 3.8) is 0 Å². The van der Waals surface area contributed by atoms with Gasteiger partial charge in [-0.05, 0) is 44.2 Å². The molecule has 0 fully saturated rings. The molecule has 0 saturated carbocycles.